The predicted molar refractivity (Wildman–Crippen MR) is 63.2 cm³/mol. The Kier molecular flexibility index (Phi) is 3.31. The molecule has 0 aromatic rings. The zero-order chi connectivity index (χ0) is 16.5. The van der Waals surface area contributed by atoms with Crippen LogP contribution in [-0.2, 0) is 24.0 Å². The van der Waals surface area contributed by atoms with Crippen LogP contribution in [0.4, 0.5) is 4.79 Å². The highest BCUT2D eigenvalue weighted by molar-refractivity contribution is 7.85. The monoisotopic (exact) mass is 284 g/mol. The van der Waals surface area contributed by atoms with Crippen molar-refractivity contribution in [1.29, 1.82) is 0 Å². The molecule has 1 aliphatic heterocycles. The quantitative estimate of drug-likeness (QED) is 0.766. The second kappa shape index (κ2) is 5.41. The molecular formula is C10H19NO6S. The first kappa shape index (κ1) is 11.0. The maximum atomic E-state index is 11.9. The number of ether oxygens (including phenoxy) is 2. The summed E-state index contributed by atoms with van der Waals surface area (Å²) < 4.78 is 58.7. The van der Waals surface area contributed by atoms with E-state index in [0.29, 0.717) is 4.31 Å². The zero-order valence-electron chi connectivity index (χ0n) is 13.5. The van der Waals surface area contributed by atoms with Crippen LogP contribution in [0.1, 0.15) is 31.3 Å². The smallest absolute Gasteiger partial charge is 0.426 e. The van der Waals surface area contributed by atoms with E-state index in [0.717, 1.165) is 0 Å². The molecule has 0 aliphatic carbocycles. The molecule has 1 aliphatic rings. The summed E-state index contributed by atoms with van der Waals surface area (Å²) in [4.78, 5) is 11.9. The van der Waals surface area contributed by atoms with Crippen molar-refractivity contribution in [2.75, 3.05) is 20.3 Å². The van der Waals surface area contributed by atoms with Crippen LogP contribution in [0.2, 0.25) is 0 Å². The fourth-order valence-corrected chi connectivity index (χ4v) is 2.61. The van der Waals surface area contributed by atoms with E-state index in [4.69, 9.17) is 8.85 Å². The van der Waals surface area contributed by atoms with Crippen LogP contribution in [0, 0.1) is 0 Å². The molecule has 1 rings (SSSR count). The minimum Gasteiger partial charge on any atom is -0.443 e. The molecule has 0 N–H and O–H groups in total. The third-order valence-corrected chi connectivity index (χ3v) is 3.47. The Balaban J connectivity index is 2.73. The summed E-state index contributed by atoms with van der Waals surface area (Å²) in [5.74, 6) is 0. The van der Waals surface area contributed by atoms with Crippen molar-refractivity contribution in [2.24, 2.45) is 0 Å². The van der Waals surface area contributed by atoms with E-state index in [9.17, 15) is 13.2 Å². The van der Waals surface area contributed by atoms with E-state index in [-0.39, 0.29) is 19.6 Å². The number of rotatable bonds is 3. The van der Waals surface area contributed by atoms with Gasteiger partial charge in [0.25, 0.3) is 0 Å². The van der Waals surface area contributed by atoms with Crippen molar-refractivity contribution in [3.05, 3.63) is 0 Å². The highest BCUT2D eigenvalue weighted by Crippen LogP contribution is 2.24. The second-order valence-electron chi connectivity index (χ2n) is 4.81. The molecule has 1 amide bonds. The van der Waals surface area contributed by atoms with Crippen molar-refractivity contribution in [3.8, 4) is 0 Å². The van der Waals surface area contributed by atoms with Crippen LogP contribution in [0.15, 0.2) is 0 Å². The van der Waals surface area contributed by atoms with Crippen LogP contribution in [0.5, 0.6) is 0 Å². The third-order valence-electron chi connectivity index (χ3n) is 2.11. The lowest BCUT2D eigenvalue weighted by Crippen LogP contribution is -2.43. The number of amides is 1. The van der Waals surface area contributed by atoms with E-state index in [1.807, 2.05) is 0 Å². The molecule has 1 heterocycles. The lowest BCUT2D eigenvalue weighted by atomic mass is 10.2. The van der Waals surface area contributed by atoms with Gasteiger partial charge < -0.3 is 9.47 Å². The largest absolute Gasteiger partial charge is 0.443 e. The number of methoxy groups -OCH3 is 1. The van der Waals surface area contributed by atoms with E-state index in [1.165, 1.54) is 0 Å². The molecule has 0 radical (unpaired) electrons. The third kappa shape index (κ3) is 3.82. The SMILES string of the molecule is [2H]C([2H])([2H])OCC[C@H]1COS(=O)(=O)N1C(=O)OC(C)(C)C. The van der Waals surface area contributed by atoms with Crippen LogP contribution < -0.4 is 0 Å². The minimum atomic E-state index is -4.21. The fourth-order valence-electron chi connectivity index (χ4n) is 1.41. The van der Waals surface area contributed by atoms with Gasteiger partial charge in [-0.15, -0.1) is 0 Å². The molecule has 8 heteroatoms. The molecular weight excluding hydrogens is 262 g/mol. The maximum absolute atomic E-state index is 11.9. The summed E-state index contributed by atoms with van der Waals surface area (Å²) in [6.45, 7) is 4.30. The molecule has 7 nitrogen and oxygen atoms in total. The van der Waals surface area contributed by atoms with Crippen LogP contribution in [0.25, 0.3) is 0 Å². The first-order chi connectivity index (χ1) is 9.32. The summed E-state index contributed by atoms with van der Waals surface area (Å²) in [6, 6.07) is -0.854. The van der Waals surface area contributed by atoms with Crippen molar-refractivity contribution in [1.82, 2.24) is 4.31 Å². The van der Waals surface area contributed by atoms with E-state index >= 15 is 0 Å². The first-order valence-corrected chi connectivity index (χ1v) is 6.74. The number of hydrogen-bond acceptors (Lipinski definition) is 6. The molecule has 0 aromatic heterocycles. The molecule has 106 valence electrons. The molecule has 18 heavy (non-hydrogen) atoms. The maximum Gasteiger partial charge on any atom is 0.426 e. The molecule has 1 saturated heterocycles. The van der Waals surface area contributed by atoms with Gasteiger partial charge in [-0.05, 0) is 27.2 Å². The Bertz CT molecular complexity index is 484. The Morgan fingerprint density at radius 1 is 1.56 bits per heavy atom. The van der Waals surface area contributed by atoms with Crippen molar-refractivity contribution >= 4 is 16.4 Å². The van der Waals surface area contributed by atoms with Gasteiger partial charge in [0.1, 0.15) is 5.60 Å². The van der Waals surface area contributed by atoms with Gasteiger partial charge in [0.15, 0.2) is 0 Å². The molecule has 0 saturated carbocycles. The summed E-state index contributed by atoms with van der Waals surface area (Å²) >= 11 is 0. The Morgan fingerprint density at radius 2 is 2.22 bits per heavy atom. The van der Waals surface area contributed by atoms with E-state index in [1.54, 1.807) is 20.8 Å². The van der Waals surface area contributed by atoms with Gasteiger partial charge in [-0.2, -0.15) is 12.7 Å². The number of nitrogens with zero attached hydrogens (tertiary/aromatic N) is 1. The van der Waals surface area contributed by atoms with Gasteiger partial charge in [-0.1, -0.05) is 0 Å². The van der Waals surface area contributed by atoms with Crippen molar-refractivity contribution < 1.29 is 31.0 Å². The average Bonchev–Trinajstić information content (AvgIpc) is 2.49. The predicted octanol–water partition coefficient (Wildman–Crippen LogP) is 0.904. The van der Waals surface area contributed by atoms with Gasteiger partial charge in [0.05, 0.1) is 16.8 Å². The Morgan fingerprint density at radius 3 is 2.78 bits per heavy atom. The number of carbonyl (C=O) groups is 1. The first-order valence-electron chi connectivity index (χ1n) is 6.87. The van der Waals surface area contributed by atoms with Gasteiger partial charge in [0, 0.05) is 13.6 Å². The van der Waals surface area contributed by atoms with Gasteiger partial charge in [-0.25, -0.2) is 4.79 Å². The average molecular weight is 284 g/mol. The fraction of sp³-hybridized carbons (Fsp3) is 0.900. The van der Waals surface area contributed by atoms with Gasteiger partial charge >= 0.3 is 16.4 Å². The standard InChI is InChI=1S/C10H19NO6S/c1-10(2,3)17-9(12)11-8(5-6-15-4)7-16-18(11,13)14/h8H,5-7H2,1-4H3/t8-/m0/s1/i4D3. The topological polar surface area (TPSA) is 82.1 Å². The molecule has 0 spiro atoms. The highest BCUT2D eigenvalue weighted by atomic mass is 32.2. The van der Waals surface area contributed by atoms with E-state index in [2.05, 4.69) is 8.92 Å². The van der Waals surface area contributed by atoms with Gasteiger partial charge in [0.2, 0.25) is 0 Å². The lowest BCUT2D eigenvalue weighted by molar-refractivity contribution is 0.0338. The Labute approximate surface area is 111 Å². The molecule has 0 bridgehead atoms. The van der Waals surface area contributed by atoms with Crippen LogP contribution in [0.3, 0.4) is 0 Å². The molecule has 1 fully saturated rings. The van der Waals surface area contributed by atoms with Crippen molar-refractivity contribution in [3.63, 3.8) is 0 Å². The highest BCUT2D eigenvalue weighted by Gasteiger charge is 2.44. The second-order valence-corrected chi connectivity index (χ2v) is 6.29. The zero-order valence-corrected chi connectivity index (χ0v) is 11.3. The van der Waals surface area contributed by atoms with Gasteiger partial charge in [-0.3, -0.25) is 4.18 Å². The Hall–Kier alpha value is -0.860. The molecule has 0 unspecified atom stereocenters. The number of hydrogen-bond donors (Lipinski definition) is 0. The van der Waals surface area contributed by atoms with Crippen molar-refractivity contribution in [2.45, 2.75) is 38.8 Å². The summed E-state index contributed by atoms with van der Waals surface area (Å²) in [7, 11) is -6.79. The van der Waals surface area contributed by atoms with E-state index < -0.39 is 35.1 Å². The summed E-state index contributed by atoms with van der Waals surface area (Å²) in [5.41, 5.74) is -0.866. The summed E-state index contributed by atoms with van der Waals surface area (Å²) in [6.07, 6.45) is -1.06. The van der Waals surface area contributed by atoms with Crippen LogP contribution >= 0.6 is 0 Å². The molecule has 0 aromatic carbocycles. The minimum absolute atomic E-state index is 0.00311. The lowest BCUT2D eigenvalue weighted by Gasteiger charge is -2.25. The molecule has 1 atom stereocenters. The van der Waals surface area contributed by atoms with Crippen LogP contribution in [-0.4, -0.2) is 50.7 Å². The number of carbonyl (C=O) groups excluding carboxylic acids is 1. The summed E-state index contributed by atoms with van der Waals surface area (Å²) in [5, 5.41) is 0. The normalized spacial score (nSPS) is 26.3.